The van der Waals surface area contributed by atoms with E-state index < -0.39 is 11.4 Å². The molecule has 0 atom stereocenters. The van der Waals surface area contributed by atoms with Crippen LogP contribution < -0.4 is 0 Å². The van der Waals surface area contributed by atoms with E-state index in [-0.39, 0.29) is 5.75 Å². The van der Waals surface area contributed by atoms with Crippen molar-refractivity contribution in [3.05, 3.63) is 28.2 Å². The molecule has 1 aliphatic carbocycles. The van der Waals surface area contributed by atoms with Crippen molar-refractivity contribution in [3.8, 4) is 5.75 Å². The third kappa shape index (κ3) is 2.18. The zero-order valence-corrected chi connectivity index (χ0v) is 11.0. The lowest BCUT2D eigenvalue weighted by atomic mass is 9.69. The minimum absolute atomic E-state index is 0.0728. The molecule has 92 valence electrons. The van der Waals surface area contributed by atoms with Gasteiger partial charge in [-0.15, -0.1) is 0 Å². The Morgan fingerprint density at radius 3 is 2.41 bits per heavy atom. The lowest BCUT2D eigenvalue weighted by Gasteiger charge is -2.34. The molecule has 17 heavy (non-hydrogen) atoms. The summed E-state index contributed by atoms with van der Waals surface area (Å²) in [7, 11) is 0. The highest BCUT2D eigenvalue weighted by Crippen LogP contribution is 2.43. The maximum Gasteiger partial charge on any atom is 0.314 e. The molecule has 1 fully saturated rings. The first-order chi connectivity index (χ1) is 8.06. The van der Waals surface area contributed by atoms with Crippen LogP contribution in [0.4, 0.5) is 0 Å². The highest BCUT2D eigenvalue weighted by molar-refractivity contribution is 9.10. The summed E-state index contributed by atoms with van der Waals surface area (Å²) in [5.41, 5.74) is -0.351. The Labute approximate surface area is 109 Å². The van der Waals surface area contributed by atoms with Crippen LogP contribution in [0.1, 0.15) is 37.7 Å². The molecule has 1 aliphatic rings. The maximum atomic E-state index is 11.6. The maximum absolute atomic E-state index is 11.6. The van der Waals surface area contributed by atoms with Crippen LogP contribution in [0, 0.1) is 0 Å². The molecule has 0 amide bonds. The minimum Gasteiger partial charge on any atom is -0.508 e. The van der Waals surface area contributed by atoms with Gasteiger partial charge in [0.05, 0.1) is 5.41 Å². The lowest BCUT2D eigenvalue weighted by Crippen LogP contribution is -2.37. The zero-order chi connectivity index (χ0) is 12.5. The minimum atomic E-state index is -0.900. The van der Waals surface area contributed by atoms with Gasteiger partial charge in [0.1, 0.15) is 5.75 Å². The standard InChI is InChI=1S/C13H15BrO3/c14-9-4-5-10(11(15)8-9)13(12(16)17)6-2-1-3-7-13/h4-5,8,15H,1-3,6-7H2,(H,16,17). The van der Waals surface area contributed by atoms with Gasteiger partial charge in [-0.2, -0.15) is 0 Å². The van der Waals surface area contributed by atoms with E-state index in [4.69, 9.17) is 0 Å². The predicted molar refractivity (Wildman–Crippen MR) is 68.2 cm³/mol. The number of carboxylic acids is 1. The van der Waals surface area contributed by atoms with Crippen LogP contribution in [0.5, 0.6) is 5.75 Å². The smallest absolute Gasteiger partial charge is 0.314 e. The van der Waals surface area contributed by atoms with Crippen molar-refractivity contribution >= 4 is 21.9 Å². The summed E-state index contributed by atoms with van der Waals surface area (Å²) in [6.45, 7) is 0. The average molecular weight is 299 g/mol. The van der Waals surface area contributed by atoms with Crippen LogP contribution in [0.15, 0.2) is 22.7 Å². The van der Waals surface area contributed by atoms with Crippen molar-refractivity contribution in [1.82, 2.24) is 0 Å². The number of hydrogen-bond donors (Lipinski definition) is 2. The Morgan fingerprint density at radius 2 is 1.88 bits per heavy atom. The highest BCUT2D eigenvalue weighted by atomic mass is 79.9. The van der Waals surface area contributed by atoms with E-state index in [0.717, 1.165) is 23.7 Å². The topological polar surface area (TPSA) is 57.5 Å². The fourth-order valence-electron chi connectivity index (χ4n) is 2.66. The SMILES string of the molecule is O=C(O)C1(c2ccc(Br)cc2O)CCCCC1. The van der Waals surface area contributed by atoms with Crippen LogP contribution in [-0.4, -0.2) is 16.2 Å². The number of phenolic OH excluding ortho intramolecular Hbond substituents is 1. The van der Waals surface area contributed by atoms with Gasteiger partial charge in [0, 0.05) is 10.0 Å². The van der Waals surface area contributed by atoms with Crippen LogP contribution in [0.2, 0.25) is 0 Å². The van der Waals surface area contributed by atoms with Crippen LogP contribution in [0.25, 0.3) is 0 Å². The molecule has 0 saturated heterocycles. The van der Waals surface area contributed by atoms with Crippen LogP contribution in [0.3, 0.4) is 0 Å². The molecule has 0 aliphatic heterocycles. The first-order valence-electron chi connectivity index (χ1n) is 5.79. The second-order valence-electron chi connectivity index (χ2n) is 4.61. The van der Waals surface area contributed by atoms with Crippen molar-refractivity contribution in [2.45, 2.75) is 37.5 Å². The Morgan fingerprint density at radius 1 is 1.24 bits per heavy atom. The highest BCUT2D eigenvalue weighted by Gasteiger charge is 2.42. The van der Waals surface area contributed by atoms with E-state index in [1.54, 1.807) is 18.2 Å². The van der Waals surface area contributed by atoms with Crippen molar-refractivity contribution in [3.63, 3.8) is 0 Å². The molecule has 3 nitrogen and oxygen atoms in total. The molecule has 1 aromatic rings. The molecular weight excluding hydrogens is 284 g/mol. The number of aliphatic carboxylic acids is 1. The summed E-state index contributed by atoms with van der Waals surface area (Å²) >= 11 is 3.27. The van der Waals surface area contributed by atoms with Gasteiger partial charge in [-0.25, -0.2) is 0 Å². The van der Waals surface area contributed by atoms with Gasteiger partial charge >= 0.3 is 5.97 Å². The Balaban J connectivity index is 2.49. The summed E-state index contributed by atoms with van der Waals surface area (Å²) in [6.07, 6.45) is 4.10. The molecule has 0 aromatic heterocycles. The zero-order valence-electron chi connectivity index (χ0n) is 9.45. The van der Waals surface area contributed by atoms with Crippen molar-refractivity contribution in [2.75, 3.05) is 0 Å². The number of rotatable bonds is 2. The summed E-state index contributed by atoms with van der Waals surface area (Å²) < 4.78 is 0.759. The van der Waals surface area contributed by atoms with Crippen LogP contribution in [-0.2, 0) is 10.2 Å². The van der Waals surface area contributed by atoms with Gasteiger partial charge in [-0.3, -0.25) is 4.79 Å². The molecule has 0 bridgehead atoms. The van der Waals surface area contributed by atoms with E-state index in [9.17, 15) is 15.0 Å². The molecule has 1 aromatic carbocycles. The Kier molecular flexibility index (Phi) is 3.43. The molecule has 0 radical (unpaired) electrons. The van der Waals surface area contributed by atoms with E-state index in [0.29, 0.717) is 18.4 Å². The summed E-state index contributed by atoms with van der Waals surface area (Å²) in [4.78, 5) is 11.6. The van der Waals surface area contributed by atoms with Gasteiger partial charge in [0.2, 0.25) is 0 Å². The van der Waals surface area contributed by atoms with Gasteiger partial charge in [-0.1, -0.05) is 41.3 Å². The molecule has 4 heteroatoms. The third-order valence-electron chi connectivity index (χ3n) is 3.59. The monoisotopic (exact) mass is 298 g/mol. The van der Waals surface area contributed by atoms with Gasteiger partial charge in [-0.05, 0) is 25.0 Å². The molecule has 0 spiro atoms. The lowest BCUT2D eigenvalue weighted by molar-refractivity contribution is -0.145. The molecule has 0 heterocycles. The van der Waals surface area contributed by atoms with Crippen molar-refractivity contribution in [2.24, 2.45) is 0 Å². The van der Waals surface area contributed by atoms with E-state index in [1.807, 2.05) is 0 Å². The number of aromatic hydroxyl groups is 1. The van der Waals surface area contributed by atoms with Crippen molar-refractivity contribution in [1.29, 1.82) is 0 Å². The summed E-state index contributed by atoms with van der Waals surface area (Å²) in [5.74, 6) is -0.751. The fraction of sp³-hybridized carbons (Fsp3) is 0.462. The summed E-state index contributed by atoms with van der Waals surface area (Å²) in [6, 6.07) is 5.07. The molecule has 0 unspecified atom stereocenters. The number of benzene rings is 1. The van der Waals surface area contributed by atoms with Gasteiger partial charge in [0.15, 0.2) is 0 Å². The molecule has 2 N–H and O–H groups in total. The second kappa shape index (κ2) is 4.69. The van der Waals surface area contributed by atoms with Crippen LogP contribution >= 0.6 is 15.9 Å². The van der Waals surface area contributed by atoms with E-state index in [2.05, 4.69) is 15.9 Å². The first kappa shape index (κ1) is 12.4. The van der Waals surface area contributed by atoms with E-state index in [1.165, 1.54) is 0 Å². The summed E-state index contributed by atoms with van der Waals surface area (Å²) in [5, 5.41) is 19.5. The quantitative estimate of drug-likeness (QED) is 0.879. The average Bonchev–Trinajstić information content (AvgIpc) is 2.29. The predicted octanol–water partition coefficient (Wildman–Crippen LogP) is 3.44. The van der Waals surface area contributed by atoms with Crippen molar-refractivity contribution < 1.29 is 15.0 Å². The van der Waals surface area contributed by atoms with Gasteiger partial charge in [0.25, 0.3) is 0 Å². The fourth-order valence-corrected chi connectivity index (χ4v) is 3.01. The van der Waals surface area contributed by atoms with E-state index >= 15 is 0 Å². The number of phenols is 1. The Hall–Kier alpha value is -1.03. The Bertz CT molecular complexity index is 436. The molecule has 2 rings (SSSR count). The first-order valence-corrected chi connectivity index (χ1v) is 6.58. The number of carboxylic acid groups (broad SMARTS) is 1. The molecule has 1 saturated carbocycles. The third-order valence-corrected chi connectivity index (χ3v) is 4.09. The normalized spacial score (nSPS) is 18.9. The number of halogens is 1. The number of carbonyl (C=O) groups is 1. The second-order valence-corrected chi connectivity index (χ2v) is 5.53. The number of hydrogen-bond acceptors (Lipinski definition) is 2. The van der Waals surface area contributed by atoms with Gasteiger partial charge < -0.3 is 10.2 Å². The molecular formula is C13H15BrO3. The largest absolute Gasteiger partial charge is 0.508 e.